The summed E-state index contributed by atoms with van der Waals surface area (Å²) in [5.41, 5.74) is 7.41. The molecule has 59 heavy (non-hydrogen) atoms. The van der Waals surface area contributed by atoms with Gasteiger partial charge in [-0.15, -0.1) is 0 Å². The summed E-state index contributed by atoms with van der Waals surface area (Å²) in [4.78, 5) is 24.3. The molecule has 1 aliphatic rings. The molecule has 1 fully saturated rings. The number of rotatable bonds is 24. The molecule has 2 N–H and O–H groups in total. The summed E-state index contributed by atoms with van der Waals surface area (Å²) < 4.78 is 33.3. The summed E-state index contributed by atoms with van der Waals surface area (Å²) in [6, 6.07) is 16.2. The van der Waals surface area contributed by atoms with Gasteiger partial charge >= 0.3 is 11.9 Å². The molecule has 1 saturated carbocycles. The maximum atomic E-state index is 16.0. The van der Waals surface area contributed by atoms with E-state index in [2.05, 4.69) is 57.3 Å². The van der Waals surface area contributed by atoms with Gasteiger partial charge in [0.25, 0.3) is 0 Å². The quantitative estimate of drug-likeness (QED) is 0.0527. The number of carbonyl (C=O) groups is 2. The van der Waals surface area contributed by atoms with E-state index in [0.717, 1.165) is 64.1 Å². The number of esters is 2. The third kappa shape index (κ3) is 13.9. The summed E-state index contributed by atoms with van der Waals surface area (Å²) in [6.07, 6.45) is 13.2. The van der Waals surface area contributed by atoms with Crippen LogP contribution >= 0.6 is 0 Å². The zero-order chi connectivity index (χ0) is 43.0. The maximum Gasteiger partial charge on any atom is 0.333 e. The molecule has 0 heterocycles. The highest BCUT2D eigenvalue weighted by Crippen LogP contribution is 2.40. The smallest absolute Gasteiger partial charge is 0.333 e. The number of aryl methyl sites for hydroxylation is 3. The summed E-state index contributed by atoms with van der Waals surface area (Å²) >= 11 is 0. The number of hydrogen-bond donors (Lipinski definition) is 2. The number of hydrogen-bond acceptors (Lipinski definition) is 7. The Hall–Kier alpha value is -4.27. The number of benzene rings is 3. The molecule has 0 aliphatic heterocycles. The summed E-state index contributed by atoms with van der Waals surface area (Å²) in [5.74, 6) is 0.840. The van der Waals surface area contributed by atoms with Gasteiger partial charge in [-0.2, -0.15) is 0 Å². The molecule has 0 atom stereocenters. The molecular formula is C51H69FO7. The summed E-state index contributed by atoms with van der Waals surface area (Å²) in [7, 11) is 0. The fourth-order valence-electron chi connectivity index (χ4n) is 8.00. The first kappa shape index (κ1) is 47.4. The van der Waals surface area contributed by atoms with Crippen LogP contribution in [-0.4, -0.2) is 55.2 Å². The van der Waals surface area contributed by atoms with E-state index in [4.69, 9.17) is 14.2 Å². The van der Waals surface area contributed by atoms with Crippen LogP contribution in [0.2, 0.25) is 0 Å². The van der Waals surface area contributed by atoms with E-state index < -0.39 is 17.4 Å². The highest BCUT2D eigenvalue weighted by atomic mass is 19.1. The third-order valence-electron chi connectivity index (χ3n) is 11.9. The molecule has 0 aromatic heterocycles. The lowest BCUT2D eigenvalue weighted by Gasteiger charge is -2.29. The lowest BCUT2D eigenvalue weighted by molar-refractivity contribution is -0.139. The van der Waals surface area contributed by atoms with E-state index in [-0.39, 0.29) is 38.9 Å². The van der Waals surface area contributed by atoms with Gasteiger partial charge in [-0.05, 0) is 147 Å². The highest BCUT2D eigenvalue weighted by molar-refractivity contribution is 5.87. The number of unbranched alkanes of at least 4 members (excludes halogenated alkanes) is 2. The lowest BCUT2D eigenvalue weighted by Crippen LogP contribution is -2.28. The van der Waals surface area contributed by atoms with Crippen LogP contribution in [0, 0.1) is 17.2 Å². The molecule has 4 rings (SSSR count). The molecule has 1 aliphatic carbocycles. The Morgan fingerprint density at radius 2 is 1.32 bits per heavy atom. The van der Waals surface area contributed by atoms with Crippen LogP contribution in [0.3, 0.4) is 0 Å². The Balaban J connectivity index is 1.66. The van der Waals surface area contributed by atoms with E-state index in [1.165, 1.54) is 38.5 Å². The average Bonchev–Trinajstić information content (AvgIpc) is 3.24. The molecule has 0 bridgehead atoms. The molecule has 0 saturated heterocycles. The van der Waals surface area contributed by atoms with Gasteiger partial charge in [0.1, 0.15) is 11.6 Å². The standard InChI is InChI=1S/C51H69FO7/c1-8-10-11-14-37-17-19-39(20-18-37)40-21-24-46(47(52)32-40)41-22-23-45(38(9-2)29-41)44-30-42(15-12-26-58-49(55)35(3)4)48(57-28-25-51(7,33-53)34-54)43(31-44)16-13-27-59-50(56)36(5)6/h21-24,29-32,37,39,53-54H,3,5,8-20,25-28,33-34H2,1-2,4,6-7H3. The first-order valence-electron chi connectivity index (χ1n) is 21.9. The van der Waals surface area contributed by atoms with Gasteiger partial charge < -0.3 is 24.4 Å². The zero-order valence-electron chi connectivity index (χ0n) is 36.4. The van der Waals surface area contributed by atoms with Crippen LogP contribution in [0.4, 0.5) is 4.39 Å². The monoisotopic (exact) mass is 813 g/mol. The first-order chi connectivity index (χ1) is 28.3. The first-order valence-corrected chi connectivity index (χ1v) is 21.9. The average molecular weight is 813 g/mol. The van der Waals surface area contributed by atoms with E-state index in [1.807, 2.05) is 19.1 Å². The normalized spacial score (nSPS) is 15.5. The highest BCUT2D eigenvalue weighted by Gasteiger charge is 2.25. The van der Waals surface area contributed by atoms with Crippen LogP contribution in [0.25, 0.3) is 22.3 Å². The minimum atomic E-state index is -0.710. The van der Waals surface area contributed by atoms with Crippen molar-refractivity contribution >= 4 is 11.9 Å². The second-order valence-corrected chi connectivity index (χ2v) is 17.1. The molecule has 0 radical (unpaired) electrons. The van der Waals surface area contributed by atoms with Crippen molar-refractivity contribution in [3.63, 3.8) is 0 Å². The predicted molar refractivity (Wildman–Crippen MR) is 236 cm³/mol. The van der Waals surface area contributed by atoms with Gasteiger partial charge in [0.05, 0.1) is 33.0 Å². The van der Waals surface area contributed by atoms with Crippen LogP contribution in [0.1, 0.15) is 133 Å². The molecule has 3 aromatic carbocycles. The number of aliphatic hydroxyl groups is 2. The van der Waals surface area contributed by atoms with E-state index in [0.29, 0.717) is 60.5 Å². The summed E-state index contributed by atoms with van der Waals surface area (Å²) in [6.45, 7) is 17.1. The Labute approximate surface area is 353 Å². The molecular weight excluding hydrogens is 744 g/mol. The maximum absolute atomic E-state index is 16.0. The van der Waals surface area contributed by atoms with Crippen molar-refractivity contribution in [1.29, 1.82) is 0 Å². The van der Waals surface area contributed by atoms with Gasteiger partial charge in [-0.1, -0.05) is 89.9 Å². The van der Waals surface area contributed by atoms with E-state index in [9.17, 15) is 19.8 Å². The van der Waals surface area contributed by atoms with Gasteiger partial charge in [-0.3, -0.25) is 0 Å². The van der Waals surface area contributed by atoms with Crippen molar-refractivity contribution in [1.82, 2.24) is 0 Å². The van der Waals surface area contributed by atoms with E-state index in [1.54, 1.807) is 19.9 Å². The molecule has 3 aromatic rings. The van der Waals surface area contributed by atoms with Crippen molar-refractivity contribution < 1.29 is 38.4 Å². The van der Waals surface area contributed by atoms with E-state index >= 15 is 4.39 Å². The Kier molecular flexibility index (Phi) is 18.9. The molecule has 8 heteroatoms. The van der Waals surface area contributed by atoms with Crippen LogP contribution < -0.4 is 4.74 Å². The Bertz CT molecular complexity index is 1810. The van der Waals surface area contributed by atoms with Gasteiger partial charge in [0.2, 0.25) is 0 Å². The molecule has 0 unspecified atom stereocenters. The molecule has 322 valence electrons. The fraction of sp³-hybridized carbons (Fsp3) is 0.529. The largest absolute Gasteiger partial charge is 0.493 e. The molecule has 7 nitrogen and oxygen atoms in total. The Morgan fingerprint density at radius 1 is 0.746 bits per heavy atom. The van der Waals surface area contributed by atoms with Crippen molar-refractivity contribution in [2.45, 2.75) is 130 Å². The topological polar surface area (TPSA) is 102 Å². The Morgan fingerprint density at radius 3 is 1.85 bits per heavy atom. The van der Waals surface area contributed by atoms with Gasteiger partial charge in [0.15, 0.2) is 0 Å². The summed E-state index contributed by atoms with van der Waals surface area (Å²) in [5, 5.41) is 19.9. The SMILES string of the molecule is C=C(C)C(=O)OCCCc1cc(-c2ccc(-c3ccc(C4CCC(CCCCC)CC4)cc3F)cc2CC)cc(CCCOC(=O)C(=C)C)c1OCCC(C)(CO)CO. The van der Waals surface area contributed by atoms with Gasteiger partial charge in [-0.25, -0.2) is 14.0 Å². The molecule has 0 spiro atoms. The minimum absolute atomic E-state index is 0.183. The number of ether oxygens (including phenoxy) is 3. The third-order valence-corrected chi connectivity index (χ3v) is 11.9. The van der Waals surface area contributed by atoms with Gasteiger partial charge in [0, 0.05) is 22.1 Å². The second-order valence-electron chi connectivity index (χ2n) is 17.1. The van der Waals surface area contributed by atoms with Crippen molar-refractivity contribution in [3.05, 3.63) is 101 Å². The van der Waals surface area contributed by atoms with Crippen LogP contribution in [0.15, 0.2) is 72.8 Å². The number of halogens is 1. The second kappa shape index (κ2) is 23.5. The van der Waals surface area contributed by atoms with Crippen molar-refractivity contribution in [2.24, 2.45) is 11.3 Å². The van der Waals surface area contributed by atoms with Crippen LogP contribution in [-0.2, 0) is 38.3 Å². The van der Waals surface area contributed by atoms with Crippen molar-refractivity contribution in [3.8, 4) is 28.0 Å². The van der Waals surface area contributed by atoms with Crippen molar-refractivity contribution in [2.75, 3.05) is 33.0 Å². The fourth-order valence-corrected chi connectivity index (χ4v) is 8.00. The lowest BCUT2D eigenvalue weighted by atomic mass is 9.77. The molecule has 0 amide bonds. The zero-order valence-corrected chi connectivity index (χ0v) is 36.4. The number of aliphatic hydroxyl groups excluding tert-OH is 2. The predicted octanol–water partition coefficient (Wildman–Crippen LogP) is 11.4. The van der Waals surface area contributed by atoms with Crippen LogP contribution in [0.5, 0.6) is 5.75 Å². The number of carbonyl (C=O) groups excluding carboxylic acids is 2. The minimum Gasteiger partial charge on any atom is -0.493 e.